The molecule has 1 rings (SSSR count). The van der Waals surface area contributed by atoms with Crippen molar-refractivity contribution in [2.45, 2.75) is 27.7 Å². The van der Waals surface area contributed by atoms with Gasteiger partial charge in [-0.3, -0.25) is 0 Å². The Morgan fingerprint density at radius 1 is 1.33 bits per heavy atom. The van der Waals surface area contributed by atoms with Crippen molar-refractivity contribution in [3.63, 3.8) is 0 Å². The average molecular weight is 168 g/mol. The monoisotopic (exact) mass is 168 g/mol. The fourth-order valence-electron chi connectivity index (χ4n) is 0.934. The number of aliphatic hydroxyl groups excluding tert-OH is 1. The van der Waals surface area contributed by atoms with Gasteiger partial charge in [-0.25, -0.2) is 0 Å². The lowest BCUT2D eigenvalue weighted by molar-refractivity contribution is 0.318. The molecule has 0 fully saturated rings. The van der Waals surface area contributed by atoms with Crippen molar-refractivity contribution in [2.75, 3.05) is 6.61 Å². The molecule has 70 valence electrons. The Labute approximate surface area is 75.8 Å². The molecule has 0 spiro atoms. The van der Waals surface area contributed by atoms with Gasteiger partial charge in [-0.15, -0.1) is 0 Å². The summed E-state index contributed by atoms with van der Waals surface area (Å²) in [5, 5.41) is 7.57. The van der Waals surface area contributed by atoms with Gasteiger partial charge in [0.05, 0.1) is 0 Å². The molecule has 1 atom stereocenters. The first-order valence-corrected chi connectivity index (χ1v) is 4.51. The van der Waals surface area contributed by atoms with Gasteiger partial charge in [0.25, 0.3) is 0 Å². The second-order valence-electron chi connectivity index (χ2n) is 3.67. The molecular formula is C11H20O. The quantitative estimate of drug-likeness (QED) is 0.589. The lowest BCUT2D eigenvalue weighted by atomic mass is 9.77. The maximum atomic E-state index is 7.57. The van der Waals surface area contributed by atoms with Gasteiger partial charge < -0.3 is 5.11 Å². The Balaban J connectivity index is 0.000000354. The fraction of sp³-hybridized carbons (Fsp3) is 0.636. The van der Waals surface area contributed by atoms with E-state index in [0.29, 0.717) is 11.3 Å². The number of rotatable bonds is 0. The molecule has 1 unspecified atom stereocenters. The van der Waals surface area contributed by atoms with Crippen LogP contribution in [0.4, 0.5) is 0 Å². The number of hydrogen-bond donors (Lipinski definition) is 1. The summed E-state index contributed by atoms with van der Waals surface area (Å²) in [6.45, 7) is 8.70. The molecule has 1 nitrogen and oxygen atoms in total. The van der Waals surface area contributed by atoms with Crippen LogP contribution in [0.25, 0.3) is 0 Å². The van der Waals surface area contributed by atoms with Crippen LogP contribution >= 0.6 is 0 Å². The highest BCUT2D eigenvalue weighted by Gasteiger charge is 2.21. The summed E-state index contributed by atoms with van der Waals surface area (Å²) < 4.78 is 0. The first-order valence-electron chi connectivity index (χ1n) is 4.51. The number of hydrogen-bond acceptors (Lipinski definition) is 1. The Morgan fingerprint density at radius 3 is 2.08 bits per heavy atom. The maximum Gasteiger partial charge on any atom is 0.0402 e. The van der Waals surface area contributed by atoms with Crippen molar-refractivity contribution in [1.82, 2.24) is 0 Å². The van der Waals surface area contributed by atoms with Crippen molar-refractivity contribution in [3.8, 4) is 0 Å². The van der Waals surface area contributed by atoms with Gasteiger partial charge in [0, 0.05) is 6.61 Å². The van der Waals surface area contributed by atoms with Crippen LogP contribution in [0, 0.1) is 11.3 Å². The van der Waals surface area contributed by atoms with E-state index >= 15 is 0 Å². The number of allylic oxidation sites excluding steroid dienone is 4. The Morgan fingerprint density at radius 2 is 1.83 bits per heavy atom. The van der Waals surface area contributed by atoms with E-state index in [0.717, 1.165) is 0 Å². The van der Waals surface area contributed by atoms with Crippen molar-refractivity contribution < 1.29 is 5.11 Å². The molecule has 1 N–H and O–H groups in total. The molecule has 0 saturated carbocycles. The number of aliphatic hydroxyl groups is 1. The normalized spacial score (nSPS) is 24.6. The van der Waals surface area contributed by atoms with Crippen LogP contribution in [0.5, 0.6) is 0 Å². The first kappa shape index (κ1) is 11.4. The van der Waals surface area contributed by atoms with Crippen LogP contribution < -0.4 is 0 Å². The highest BCUT2D eigenvalue weighted by atomic mass is 16.2. The standard InChI is InChI=1S/C9H14.C2H6O/c1-8-6-4-5-7-9(8,2)3;1-2-3/h4-8H,1-3H3;3H,2H2,1H3. The highest BCUT2D eigenvalue weighted by molar-refractivity contribution is 5.16. The van der Waals surface area contributed by atoms with Gasteiger partial charge >= 0.3 is 0 Å². The van der Waals surface area contributed by atoms with Crippen LogP contribution in [0.2, 0.25) is 0 Å². The molecule has 1 aliphatic rings. The second-order valence-corrected chi connectivity index (χ2v) is 3.67. The summed E-state index contributed by atoms with van der Waals surface area (Å²) in [6, 6.07) is 0. The van der Waals surface area contributed by atoms with E-state index in [9.17, 15) is 0 Å². The zero-order valence-corrected chi connectivity index (χ0v) is 8.54. The Hall–Kier alpha value is -0.560. The molecule has 0 aromatic carbocycles. The van der Waals surface area contributed by atoms with E-state index < -0.39 is 0 Å². The Kier molecular flexibility index (Phi) is 4.91. The summed E-state index contributed by atoms with van der Waals surface area (Å²) in [4.78, 5) is 0. The molecule has 1 aliphatic carbocycles. The van der Waals surface area contributed by atoms with E-state index in [1.54, 1.807) is 6.92 Å². The van der Waals surface area contributed by atoms with E-state index in [4.69, 9.17) is 5.11 Å². The van der Waals surface area contributed by atoms with Crippen LogP contribution in [-0.4, -0.2) is 11.7 Å². The van der Waals surface area contributed by atoms with Crippen molar-refractivity contribution in [1.29, 1.82) is 0 Å². The third kappa shape index (κ3) is 3.72. The highest BCUT2D eigenvalue weighted by Crippen LogP contribution is 2.31. The molecule has 0 bridgehead atoms. The molecule has 0 amide bonds. The van der Waals surface area contributed by atoms with Crippen LogP contribution in [0.1, 0.15) is 27.7 Å². The predicted molar refractivity (Wildman–Crippen MR) is 54.0 cm³/mol. The predicted octanol–water partition coefficient (Wildman–Crippen LogP) is 2.77. The molecule has 0 saturated heterocycles. The van der Waals surface area contributed by atoms with Gasteiger partial charge in [0.15, 0.2) is 0 Å². The summed E-state index contributed by atoms with van der Waals surface area (Å²) in [5.41, 5.74) is 0.370. The molecular weight excluding hydrogens is 148 g/mol. The molecule has 0 aromatic rings. The van der Waals surface area contributed by atoms with Crippen LogP contribution in [0.3, 0.4) is 0 Å². The van der Waals surface area contributed by atoms with Crippen LogP contribution in [-0.2, 0) is 0 Å². The Bertz CT molecular complexity index is 166. The summed E-state index contributed by atoms with van der Waals surface area (Å²) in [7, 11) is 0. The molecule has 0 heterocycles. The lowest BCUT2D eigenvalue weighted by Crippen LogP contribution is -2.18. The van der Waals surface area contributed by atoms with E-state index in [2.05, 4.69) is 45.1 Å². The lowest BCUT2D eigenvalue weighted by Gasteiger charge is -2.27. The summed E-state index contributed by atoms with van der Waals surface area (Å²) >= 11 is 0. The van der Waals surface area contributed by atoms with Gasteiger partial charge in [0.1, 0.15) is 0 Å². The second kappa shape index (κ2) is 5.15. The van der Waals surface area contributed by atoms with Gasteiger partial charge in [-0.05, 0) is 18.3 Å². The third-order valence-corrected chi connectivity index (χ3v) is 2.21. The topological polar surface area (TPSA) is 20.2 Å². The largest absolute Gasteiger partial charge is 0.397 e. The smallest absolute Gasteiger partial charge is 0.0402 e. The molecule has 0 aromatic heterocycles. The van der Waals surface area contributed by atoms with E-state index in [-0.39, 0.29) is 6.61 Å². The summed E-state index contributed by atoms with van der Waals surface area (Å²) in [6.07, 6.45) is 8.76. The average Bonchev–Trinajstić information content (AvgIpc) is 1.97. The van der Waals surface area contributed by atoms with Gasteiger partial charge in [-0.1, -0.05) is 45.1 Å². The molecule has 0 aliphatic heterocycles. The fourth-order valence-corrected chi connectivity index (χ4v) is 0.934. The molecule has 1 heteroatoms. The van der Waals surface area contributed by atoms with E-state index in [1.165, 1.54) is 0 Å². The minimum atomic E-state index is 0.250. The minimum Gasteiger partial charge on any atom is -0.397 e. The SMILES string of the molecule is CC1C=CC=CC1(C)C.CCO. The molecule has 12 heavy (non-hydrogen) atoms. The molecule has 0 radical (unpaired) electrons. The van der Waals surface area contributed by atoms with Crippen molar-refractivity contribution >= 4 is 0 Å². The van der Waals surface area contributed by atoms with Gasteiger partial charge in [0.2, 0.25) is 0 Å². The zero-order valence-electron chi connectivity index (χ0n) is 8.54. The zero-order chi connectivity index (χ0) is 9.61. The van der Waals surface area contributed by atoms with Crippen molar-refractivity contribution in [3.05, 3.63) is 24.3 Å². The minimum absolute atomic E-state index is 0.250. The van der Waals surface area contributed by atoms with Crippen molar-refractivity contribution in [2.24, 2.45) is 11.3 Å². The van der Waals surface area contributed by atoms with Crippen LogP contribution in [0.15, 0.2) is 24.3 Å². The maximum absolute atomic E-state index is 7.57. The first-order chi connectivity index (χ1) is 5.54. The van der Waals surface area contributed by atoms with Gasteiger partial charge in [-0.2, -0.15) is 0 Å². The third-order valence-electron chi connectivity index (χ3n) is 2.21. The summed E-state index contributed by atoms with van der Waals surface area (Å²) in [5.74, 6) is 0.683. The van der Waals surface area contributed by atoms with E-state index in [1.807, 2.05) is 0 Å².